The van der Waals surface area contributed by atoms with E-state index in [4.69, 9.17) is 23.7 Å². The topological polar surface area (TPSA) is 152 Å². The molecule has 0 aromatic carbocycles. The molecule has 9 heavy (non-hydrogen) atoms. The maximum atomic E-state index is 8.58. The summed E-state index contributed by atoms with van der Waals surface area (Å²) in [5.74, 6) is 0. The van der Waals surface area contributed by atoms with E-state index in [1.807, 2.05) is 0 Å². The standard InChI is InChI=1S/H3O4P.H2O.2O.U/c1-5(2,3)4;;;;/h(H3,1,2,3,4);1H2;;;/q;;;;+2/p-2. The Hall–Kier alpha value is 0.722. The molecule has 0 spiro atoms. The van der Waals surface area contributed by atoms with Crippen molar-refractivity contribution in [3.63, 3.8) is 0 Å². The molecule has 0 aromatic heterocycles. The number of hydrogen-bond acceptors (Lipinski definition) is 6. The van der Waals surface area contributed by atoms with Crippen molar-refractivity contribution in [3.05, 3.63) is 0 Å². The van der Waals surface area contributed by atoms with Crippen LogP contribution in [-0.2, 0) is 9.04 Å². The molecule has 54 valence electrons. The Morgan fingerprint density at radius 3 is 1.22 bits per heavy atom. The summed E-state index contributed by atoms with van der Waals surface area (Å²) in [7, 11) is -5.39. The van der Waals surface area contributed by atoms with Gasteiger partial charge in [-0.25, -0.2) is 0 Å². The SMILES string of the molecule is O.O=P([O-])([O-])[O-].[H+].[O]=[U+2]=[O]. The predicted octanol–water partition coefficient (Wildman–Crippen LogP) is -3.77. The van der Waals surface area contributed by atoms with Crippen molar-refractivity contribution in [2.75, 3.05) is 0 Å². The van der Waals surface area contributed by atoms with E-state index in [-0.39, 0.29) is 6.90 Å². The minimum atomic E-state index is -5.39. The maximum absolute atomic E-state index is 8.58. The fourth-order valence-corrected chi connectivity index (χ4v) is 0. The Morgan fingerprint density at radius 1 is 1.22 bits per heavy atom. The molecule has 0 radical (unpaired) electrons. The van der Waals surface area contributed by atoms with Crippen LogP contribution < -0.4 is 14.7 Å². The van der Waals surface area contributed by atoms with Gasteiger partial charge in [0.05, 0.1) is 0 Å². The first-order chi connectivity index (χ1) is 3.41. The molecule has 9 heteroatoms. The Kier molecular flexibility index (Phi) is 15.9. The molecule has 0 unspecified atom stereocenters. The summed E-state index contributed by atoms with van der Waals surface area (Å²) < 4.78 is 25.7. The van der Waals surface area contributed by atoms with Gasteiger partial charge >= 0.3 is 33.7 Å². The molecule has 0 rings (SSSR count). The van der Waals surface area contributed by atoms with Crippen molar-refractivity contribution in [1.82, 2.24) is 0 Å². The Labute approximate surface area is 66.3 Å². The molecule has 0 atom stereocenters. The van der Waals surface area contributed by atoms with Gasteiger partial charge in [0.1, 0.15) is 0 Å². The average Bonchev–Trinajstić information content (AvgIpc) is 1.27. The van der Waals surface area contributed by atoms with Gasteiger partial charge in [0.15, 0.2) is 0 Å². The van der Waals surface area contributed by atoms with Crippen LogP contribution in [0.1, 0.15) is 1.43 Å². The Morgan fingerprint density at radius 2 is 1.22 bits per heavy atom. The molecule has 0 aromatic rings. The van der Waals surface area contributed by atoms with Crippen LogP contribution >= 0.6 is 7.82 Å². The van der Waals surface area contributed by atoms with Gasteiger partial charge in [-0.1, -0.05) is 0 Å². The molecule has 0 aliphatic heterocycles. The Bertz CT molecular complexity index is 111. The van der Waals surface area contributed by atoms with Crippen LogP contribution in [0.5, 0.6) is 0 Å². The molecule has 0 saturated carbocycles. The van der Waals surface area contributed by atoms with Crippen LogP contribution in [0.15, 0.2) is 0 Å². The summed E-state index contributed by atoms with van der Waals surface area (Å²) in [6.45, 7) is 0. The van der Waals surface area contributed by atoms with Crippen molar-refractivity contribution >= 4 is 7.82 Å². The zero-order valence-electron chi connectivity index (χ0n) is 4.90. The second kappa shape index (κ2) is 8.72. The van der Waals surface area contributed by atoms with Crippen molar-refractivity contribution in [2.45, 2.75) is 0 Å². The van der Waals surface area contributed by atoms with Crippen LogP contribution in [-0.4, -0.2) is 5.48 Å². The first-order valence-electron chi connectivity index (χ1n) is 1.14. The average molecular weight is 384 g/mol. The number of hydrogen-bond donors (Lipinski definition) is 0. The fraction of sp³-hybridized carbons (Fsp3) is 0. The fourth-order valence-electron chi connectivity index (χ4n) is 0. The van der Waals surface area contributed by atoms with E-state index in [1.165, 1.54) is 0 Å². The molecule has 0 aliphatic rings. The summed E-state index contributed by atoms with van der Waals surface area (Å²) >= 11 is -2.51. The van der Waals surface area contributed by atoms with Crippen LogP contribution in [0.25, 0.3) is 0 Å². The monoisotopic (exact) mass is 384 g/mol. The van der Waals surface area contributed by atoms with Crippen LogP contribution in [0.2, 0.25) is 0 Å². The van der Waals surface area contributed by atoms with Gasteiger partial charge in [-0.2, -0.15) is 7.82 Å². The van der Waals surface area contributed by atoms with Gasteiger partial charge in [0, 0.05) is 0 Å². The first kappa shape index (κ1) is 16.4. The van der Waals surface area contributed by atoms with Gasteiger partial charge in [-0.05, 0) is 0 Å². The Balaban J connectivity index is -0.0000000326. The second-order valence-corrected chi connectivity index (χ2v) is 2.12. The normalized spacial score (nSPS) is 7.44. The third-order valence-electron chi connectivity index (χ3n) is 0. The van der Waals surface area contributed by atoms with Crippen molar-refractivity contribution in [3.8, 4) is 0 Å². The zero-order chi connectivity index (χ0) is 7.21. The van der Waals surface area contributed by atoms with E-state index in [2.05, 4.69) is 0 Å². The van der Waals surface area contributed by atoms with E-state index in [0.29, 0.717) is 0 Å². The molecule has 0 aliphatic carbocycles. The molecule has 0 bridgehead atoms. The van der Waals surface area contributed by atoms with Crippen molar-refractivity contribution < 1.29 is 58.4 Å². The van der Waals surface area contributed by atoms with E-state index in [9.17, 15) is 0 Å². The molecule has 0 heterocycles. The van der Waals surface area contributed by atoms with Crippen molar-refractivity contribution in [1.29, 1.82) is 0 Å². The van der Waals surface area contributed by atoms with Gasteiger partial charge in [0.2, 0.25) is 0 Å². The molecule has 0 saturated heterocycles. The van der Waals surface area contributed by atoms with E-state index in [1.54, 1.807) is 0 Å². The van der Waals surface area contributed by atoms with E-state index < -0.39 is 35.6 Å². The summed E-state index contributed by atoms with van der Waals surface area (Å²) in [5, 5.41) is 0. The molecule has 0 amide bonds. The summed E-state index contributed by atoms with van der Waals surface area (Å²) in [4.78, 5) is 25.6. The number of phosphoric acid groups is 1. The minimum absolute atomic E-state index is 0. The van der Waals surface area contributed by atoms with Crippen molar-refractivity contribution in [2.24, 2.45) is 0 Å². The van der Waals surface area contributed by atoms with Crippen LogP contribution in [0, 0.1) is 27.8 Å². The van der Waals surface area contributed by atoms with Crippen LogP contribution in [0.4, 0.5) is 0 Å². The van der Waals surface area contributed by atoms with Gasteiger partial charge < -0.3 is 24.7 Å². The quantitative estimate of drug-likeness (QED) is 0.391. The first-order valence-corrected chi connectivity index (χ1v) is 6.00. The molecular weight excluding hydrogens is 381 g/mol. The summed E-state index contributed by atoms with van der Waals surface area (Å²) in [6, 6.07) is 0. The molecule has 0 fully saturated rings. The second-order valence-electron chi connectivity index (χ2n) is 0.531. The van der Waals surface area contributed by atoms with Crippen LogP contribution in [0.3, 0.4) is 0 Å². The van der Waals surface area contributed by atoms with Gasteiger partial charge in [-0.15, -0.1) is 0 Å². The third-order valence-corrected chi connectivity index (χ3v) is 0. The predicted molar refractivity (Wildman–Crippen MR) is 13.7 cm³/mol. The molecule has 2 N–H and O–H groups in total. The number of rotatable bonds is 0. The third kappa shape index (κ3) is 756. The van der Waals surface area contributed by atoms with Gasteiger partial charge in [-0.3, -0.25) is 0 Å². The molecular formula is H3O7PU. The van der Waals surface area contributed by atoms with E-state index >= 15 is 0 Å². The zero-order valence-corrected chi connectivity index (χ0v) is 8.95. The van der Waals surface area contributed by atoms with E-state index in [0.717, 1.165) is 0 Å². The summed E-state index contributed by atoms with van der Waals surface area (Å²) in [5.41, 5.74) is 0. The van der Waals surface area contributed by atoms with Gasteiger partial charge in [0.25, 0.3) is 0 Å². The molecule has 7 nitrogen and oxygen atoms in total. The summed E-state index contributed by atoms with van der Waals surface area (Å²) in [6.07, 6.45) is 0.